The van der Waals surface area contributed by atoms with E-state index < -0.39 is 0 Å². The van der Waals surface area contributed by atoms with Crippen molar-refractivity contribution >= 4 is 11.6 Å². The SMILES string of the molecule is COCC[C@@]1(CO)CCCN(C(=O)c2cccc3c2NCCC3)C1. The van der Waals surface area contributed by atoms with E-state index in [0.29, 0.717) is 13.2 Å². The molecule has 132 valence electrons. The van der Waals surface area contributed by atoms with Crippen LogP contribution < -0.4 is 5.32 Å². The standard InChI is InChI=1S/C19H28N2O3/c1-24-12-9-19(14-22)8-4-11-21(13-19)18(23)16-7-2-5-15-6-3-10-20-17(15)16/h2,5,7,20,22H,3-4,6,8-14H2,1H3/t19-/m0/s1. The van der Waals surface area contributed by atoms with Crippen molar-refractivity contribution in [3.63, 3.8) is 0 Å². The van der Waals surface area contributed by atoms with Crippen LogP contribution in [-0.4, -0.2) is 55.9 Å². The van der Waals surface area contributed by atoms with Crippen LogP contribution in [0.5, 0.6) is 0 Å². The molecule has 24 heavy (non-hydrogen) atoms. The van der Waals surface area contributed by atoms with Crippen LogP contribution >= 0.6 is 0 Å². The van der Waals surface area contributed by atoms with E-state index in [1.54, 1.807) is 7.11 Å². The number of likely N-dealkylation sites (tertiary alicyclic amines) is 1. The average Bonchev–Trinajstić information content (AvgIpc) is 2.65. The molecule has 2 aliphatic rings. The summed E-state index contributed by atoms with van der Waals surface area (Å²) >= 11 is 0. The predicted molar refractivity (Wildman–Crippen MR) is 94.4 cm³/mol. The van der Waals surface area contributed by atoms with Crippen molar-refractivity contribution in [3.8, 4) is 0 Å². The Bertz CT molecular complexity index is 590. The number of carbonyl (C=O) groups excluding carboxylic acids is 1. The molecule has 5 heteroatoms. The number of ether oxygens (including phenoxy) is 1. The molecule has 1 amide bonds. The maximum Gasteiger partial charge on any atom is 0.255 e. The lowest BCUT2D eigenvalue weighted by Crippen LogP contribution is -2.48. The molecule has 0 aliphatic carbocycles. The average molecular weight is 332 g/mol. The number of rotatable bonds is 5. The summed E-state index contributed by atoms with van der Waals surface area (Å²) in [7, 11) is 1.68. The van der Waals surface area contributed by atoms with Gasteiger partial charge in [-0.25, -0.2) is 0 Å². The van der Waals surface area contributed by atoms with E-state index in [0.717, 1.165) is 56.4 Å². The van der Waals surface area contributed by atoms with Gasteiger partial charge >= 0.3 is 0 Å². The summed E-state index contributed by atoms with van der Waals surface area (Å²) in [6.45, 7) is 3.01. The molecule has 2 N–H and O–H groups in total. The molecule has 1 aromatic carbocycles. The molecule has 0 unspecified atom stereocenters. The molecule has 2 heterocycles. The number of benzene rings is 1. The summed E-state index contributed by atoms with van der Waals surface area (Å²) in [6.07, 6.45) is 4.80. The number of fused-ring (bicyclic) bond motifs is 1. The van der Waals surface area contributed by atoms with Crippen molar-refractivity contribution in [2.45, 2.75) is 32.1 Å². The predicted octanol–water partition coefficient (Wildman–Crippen LogP) is 2.30. The maximum absolute atomic E-state index is 13.1. The van der Waals surface area contributed by atoms with Gasteiger partial charge in [0.25, 0.3) is 5.91 Å². The highest BCUT2D eigenvalue weighted by Crippen LogP contribution is 2.35. The first-order valence-corrected chi connectivity index (χ1v) is 8.94. The van der Waals surface area contributed by atoms with Gasteiger partial charge < -0.3 is 20.1 Å². The van der Waals surface area contributed by atoms with Crippen LogP contribution in [0.25, 0.3) is 0 Å². The topological polar surface area (TPSA) is 61.8 Å². The van der Waals surface area contributed by atoms with Crippen LogP contribution in [0.4, 0.5) is 5.69 Å². The zero-order valence-corrected chi connectivity index (χ0v) is 14.5. The summed E-state index contributed by atoms with van der Waals surface area (Å²) < 4.78 is 5.20. The minimum Gasteiger partial charge on any atom is -0.396 e. The molecule has 1 fully saturated rings. The third kappa shape index (κ3) is 3.42. The summed E-state index contributed by atoms with van der Waals surface area (Å²) in [4.78, 5) is 15.0. The number of methoxy groups -OCH3 is 1. The molecule has 0 saturated carbocycles. The van der Waals surface area contributed by atoms with Crippen LogP contribution in [0.15, 0.2) is 18.2 Å². The Morgan fingerprint density at radius 1 is 1.42 bits per heavy atom. The zero-order valence-electron chi connectivity index (χ0n) is 14.5. The van der Waals surface area contributed by atoms with Crippen molar-refractivity contribution in [1.29, 1.82) is 0 Å². The Morgan fingerprint density at radius 3 is 3.08 bits per heavy atom. The van der Waals surface area contributed by atoms with Gasteiger partial charge in [-0.15, -0.1) is 0 Å². The molecule has 0 spiro atoms. The lowest BCUT2D eigenvalue weighted by molar-refractivity contribution is 0.00902. The van der Waals surface area contributed by atoms with E-state index >= 15 is 0 Å². The normalized spacial score (nSPS) is 23.5. The second-order valence-corrected chi connectivity index (χ2v) is 7.10. The molecule has 0 radical (unpaired) electrons. The van der Waals surface area contributed by atoms with Gasteiger partial charge in [-0.1, -0.05) is 12.1 Å². The largest absolute Gasteiger partial charge is 0.396 e. The highest BCUT2D eigenvalue weighted by atomic mass is 16.5. The van der Waals surface area contributed by atoms with Crippen LogP contribution in [-0.2, 0) is 11.2 Å². The Kier molecular flexibility index (Phi) is 5.41. The van der Waals surface area contributed by atoms with Crippen molar-refractivity contribution < 1.29 is 14.6 Å². The molecule has 1 saturated heterocycles. The van der Waals surface area contributed by atoms with Crippen molar-refractivity contribution in [1.82, 2.24) is 4.90 Å². The van der Waals surface area contributed by atoms with E-state index in [1.165, 1.54) is 5.56 Å². The fraction of sp³-hybridized carbons (Fsp3) is 0.632. The second kappa shape index (κ2) is 7.53. The number of amides is 1. The molecule has 3 rings (SSSR count). The molecular formula is C19H28N2O3. The number of aryl methyl sites for hydroxylation is 1. The second-order valence-electron chi connectivity index (χ2n) is 7.10. The molecule has 5 nitrogen and oxygen atoms in total. The highest BCUT2D eigenvalue weighted by molar-refractivity contribution is 6.00. The number of anilines is 1. The molecular weight excluding hydrogens is 304 g/mol. The van der Waals surface area contributed by atoms with Crippen molar-refractivity contribution in [2.75, 3.05) is 45.3 Å². The first-order chi connectivity index (χ1) is 11.7. The van der Waals surface area contributed by atoms with Crippen LogP contribution in [0, 0.1) is 5.41 Å². The highest BCUT2D eigenvalue weighted by Gasteiger charge is 2.37. The summed E-state index contributed by atoms with van der Waals surface area (Å²) in [5.74, 6) is 0.0798. The number of nitrogens with zero attached hydrogens (tertiary/aromatic N) is 1. The number of piperidine rings is 1. The number of hydrogen-bond donors (Lipinski definition) is 2. The molecule has 2 aliphatic heterocycles. The quantitative estimate of drug-likeness (QED) is 0.868. The number of carbonyl (C=O) groups is 1. The monoisotopic (exact) mass is 332 g/mol. The first-order valence-electron chi connectivity index (χ1n) is 8.94. The van der Waals surface area contributed by atoms with Crippen molar-refractivity contribution in [3.05, 3.63) is 29.3 Å². The lowest BCUT2D eigenvalue weighted by atomic mass is 9.78. The lowest BCUT2D eigenvalue weighted by Gasteiger charge is -2.42. The number of hydrogen-bond acceptors (Lipinski definition) is 4. The van der Waals surface area contributed by atoms with Gasteiger partial charge in [0.1, 0.15) is 0 Å². The van der Waals surface area contributed by atoms with Gasteiger partial charge in [-0.3, -0.25) is 4.79 Å². The van der Waals surface area contributed by atoms with E-state index in [9.17, 15) is 9.90 Å². The molecule has 0 aromatic heterocycles. The van der Waals surface area contributed by atoms with Crippen LogP contribution in [0.1, 0.15) is 41.6 Å². The van der Waals surface area contributed by atoms with Gasteiger partial charge in [0, 0.05) is 38.8 Å². The summed E-state index contributed by atoms with van der Waals surface area (Å²) in [6, 6.07) is 6.00. The Labute approximate surface area is 144 Å². The van der Waals surface area contributed by atoms with E-state index in [4.69, 9.17) is 4.74 Å². The van der Waals surface area contributed by atoms with Gasteiger partial charge in [-0.05, 0) is 43.7 Å². The summed E-state index contributed by atoms with van der Waals surface area (Å²) in [5.41, 5.74) is 2.78. The van der Waals surface area contributed by atoms with E-state index in [-0.39, 0.29) is 17.9 Å². The molecule has 0 bridgehead atoms. The fourth-order valence-electron chi connectivity index (χ4n) is 3.97. The van der Waals surface area contributed by atoms with Gasteiger partial charge in [-0.2, -0.15) is 0 Å². The Morgan fingerprint density at radius 2 is 2.29 bits per heavy atom. The number of para-hydroxylation sites is 1. The number of aliphatic hydroxyl groups excluding tert-OH is 1. The van der Waals surface area contributed by atoms with E-state index in [1.807, 2.05) is 17.0 Å². The zero-order chi connectivity index (χ0) is 17.0. The van der Waals surface area contributed by atoms with E-state index in [2.05, 4.69) is 11.4 Å². The minimum atomic E-state index is -0.230. The fourth-order valence-corrected chi connectivity index (χ4v) is 3.97. The Hall–Kier alpha value is -1.59. The number of nitrogens with one attached hydrogen (secondary N) is 1. The van der Waals surface area contributed by atoms with Gasteiger partial charge in [0.2, 0.25) is 0 Å². The third-order valence-corrected chi connectivity index (χ3v) is 5.43. The van der Waals surface area contributed by atoms with Crippen LogP contribution in [0.2, 0.25) is 0 Å². The van der Waals surface area contributed by atoms with Crippen molar-refractivity contribution in [2.24, 2.45) is 5.41 Å². The first kappa shape index (κ1) is 17.2. The maximum atomic E-state index is 13.1. The smallest absolute Gasteiger partial charge is 0.255 e. The van der Waals surface area contributed by atoms with Crippen LogP contribution in [0.3, 0.4) is 0 Å². The molecule has 1 aromatic rings. The summed E-state index contributed by atoms with van der Waals surface area (Å²) in [5, 5.41) is 13.3. The minimum absolute atomic E-state index is 0.0798. The van der Waals surface area contributed by atoms with Gasteiger partial charge in [0.15, 0.2) is 0 Å². The Balaban J connectivity index is 1.80. The molecule has 1 atom stereocenters. The number of aliphatic hydroxyl groups is 1. The third-order valence-electron chi connectivity index (χ3n) is 5.43. The van der Waals surface area contributed by atoms with Gasteiger partial charge in [0.05, 0.1) is 17.9 Å².